The number of pyridine rings is 1. The molecular weight excluding hydrogens is 271 g/mol. The van der Waals surface area contributed by atoms with Crippen LogP contribution >= 0.6 is 0 Å². The molecule has 4 nitrogen and oxygen atoms in total. The SMILES string of the molecule is CN1CCCC(Oc2ncccc2CN)(C(F)(F)F)C1. The summed E-state index contributed by atoms with van der Waals surface area (Å²) in [5.74, 6) is -0.0253. The van der Waals surface area contributed by atoms with Crippen molar-refractivity contribution in [2.45, 2.75) is 31.2 Å². The lowest BCUT2D eigenvalue weighted by Gasteiger charge is -2.42. The lowest BCUT2D eigenvalue weighted by molar-refractivity contribution is -0.262. The maximum absolute atomic E-state index is 13.5. The molecule has 0 aromatic carbocycles. The van der Waals surface area contributed by atoms with Crippen LogP contribution in [0.3, 0.4) is 0 Å². The number of likely N-dealkylation sites (N-methyl/N-ethyl adjacent to an activating group) is 1. The van der Waals surface area contributed by atoms with Gasteiger partial charge in [0.2, 0.25) is 11.5 Å². The van der Waals surface area contributed by atoms with Crippen molar-refractivity contribution in [3.63, 3.8) is 0 Å². The first-order valence-electron chi connectivity index (χ1n) is 6.46. The number of rotatable bonds is 3. The fourth-order valence-electron chi connectivity index (χ4n) is 2.46. The van der Waals surface area contributed by atoms with Gasteiger partial charge in [-0.2, -0.15) is 13.2 Å². The second-order valence-corrected chi connectivity index (χ2v) is 5.11. The van der Waals surface area contributed by atoms with Gasteiger partial charge in [-0.3, -0.25) is 0 Å². The molecule has 0 amide bonds. The number of nitrogens with zero attached hydrogens (tertiary/aromatic N) is 2. The van der Waals surface area contributed by atoms with Crippen molar-refractivity contribution in [2.75, 3.05) is 20.1 Å². The molecule has 2 rings (SSSR count). The van der Waals surface area contributed by atoms with Crippen molar-refractivity contribution >= 4 is 0 Å². The van der Waals surface area contributed by atoms with E-state index >= 15 is 0 Å². The number of hydrogen-bond donors (Lipinski definition) is 1. The Morgan fingerprint density at radius 1 is 1.50 bits per heavy atom. The zero-order chi connectivity index (χ0) is 14.8. The number of nitrogens with two attached hydrogens (primary N) is 1. The average molecular weight is 289 g/mol. The third-order valence-electron chi connectivity index (χ3n) is 3.52. The van der Waals surface area contributed by atoms with Crippen LogP contribution in [0.2, 0.25) is 0 Å². The highest BCUT2D eigenvalue weighted by molar-refractivity contribution is 5.26. The van der Waals surface area contributed by atoms with E-state index in [4.69, 9.17) is 10.5 Å². The van der Waals surface area contributed by atoms with Crippen LogP contribution in [0.1, 0.15) is 18.4 Å². The van der Waals surface area contributed by atoms with Gasteiger partial charge < -0.3 is 15.4 Å². The molecule has 7 heteroatoms. The summed E-state index contributed by atoms with van der Waals surface area (Å²) >= 11 is 0. The van der Waals surface area contributed by atoms with Gasteiger partial charge in [-0.05, 0) is 32.5 Å². The highest BCUT2D eigenvalue weighted by atomic mass is 19.4. The molecule has 1 saturated heterocycles. The molecule has 2 heterocycles. The number of ether oxygens (including phenoxy) is 1. The Morgan fingerprint density at radius 3 is 2.85 bits per heavy atom. The van der Waals surface area contributed by atoms with Gasteiger partial charge in [-0.25, -0.2) is 4.98 Å². The van der Waals surface area contributed by atoms with Gasteiger partial charge in [-0.1, -0.05) is 6.07 Å². The zero-order valence-corrected chi connectivity index (χ0v) is 11.3. The van der Waals surface area contributed by atoms with Crippen LogP contribution in [0.5, 0.6) is 5.88 Å². The summed E-state index contributed by atoms with van der Waals surface area (Å²) in [5, 5.41) is 0. The third-order valence-corrected chi connectivity index (χ3v) is 3.52. The lowest BCUT2D eigenvalue weighted by atomic mass is 9.92. The molecule has 1 atom stereocenters. The molecule has 20 heavy (non-hydrogen) atoms. The van der Waals surface area contributed by atoms with Gasteiger partial charge in [0.1, 0.15) is 0 Å². The van der Waals surface area contributed by atoms with Crippen LogP contribution in [0, 0.1) is 0 Å². The van der Waals surface area contributed by atoms with Crippen LogP contribution in [0.4, 0.5) is 13.2 Å². The minimum atomic E-state index is -4.45. The molecular formula is C13H18F3N3O. The summed E-state index contributed by atoms with van der Waals surface area (Å²) in [6.45, 7) is 0.525. The van der Waals surface area contributed by atoms with Gasteiger partial charge in [-0.15, -0.1) is 0 Å². The van der Waals surface area contributed by atoms with Crippen LogP contribution in [0.25, 0.3) is 0 Å². The van der Waals surface area contributed by atoms with E-state index in [-0.39, 0.29) is 25.4 Å². The maximum Gasteiger partial charge on any atom is 0.429 e. The van der Waals surface area contributed by atoms with Crippen LogP contribution in [0.15, 0.2) is 18.3 Å². The maximum atomic E-state index is 13.5. The number of hydrogen-bond acceptors (Lipinski definition) is 4. The fraction of sp³-hybridized carbons (Fsp3) is 0.615. The summed E-state index contributed by atoms with van der Waals surface area (Å²) in [6.07, 6.45) is -2.68. The topological polar surface area (TPSA) is 51.4 Å². The Balaban J connectivity index is 2.33. The Labute approximate surface area is 115 Å². The van der Waals surface area contributed by atoms with E-state index in [1.54, 1.807) is 24.1 Å². The number of alkyl halides is 3. The van der Waals surface area contributed by atoms with E-state index in [1.165, 1.54) is 6.20 Å². The van der Waals surface area contributed by atoms with Gasteiger partial charge in [0.05, 0.1) is 0 Å². The summed E-state index contributed by atoms with van der Waals surface area (Å²) in [6, 6.07) is 3.25. The Hall–Kier alpha value is -1.34. The molecule has 0 radical (unpaired) electrons. The van der Waals surface area contributed by atoms with Gasteiger partial charge >= 0.3 is 6.18 Å². The first-order chi connectivity index (χ1) is 9.38. The van der Waals surface area contributed by atoms with Gasteiger partial charge in [0.15, 0.2) is 0 Å². The van der Waals surface area contributed by atoms with E-state index < -0.39 is 11.8 Å². The lowest BCUT2D eigenvalue weighted by Crippen LogP contribution is -2.60. The molecule has 1 aromatic rings. The van der Waals surface area contributed by atoms with Gasteiger partial charge in [0.25, 0.3) is 0 Å². The first-order valence-corrected chi connectivity index (χ1v) is 6.46. The Bertz CT molecular complexity index is 466. The van der Waals surface area contributed by atoms with Crippen molar-refractivity contribution in [3.05, 3.63) is 23.9 Å². The molecule has 0 aliphatic carbocycles. The normalized spacial score (nSPS) is 24.6. The van der Waals surface area contributed by atoms with Crippen molar-refractivity contribution in [3.8, 4) is 5.88 Å². The molecule has 0 spiro atoms. The van der Waals surface area contributed by atoms with E-state index in [2.05, 4.69) is 4.98 Å². The van der Waals surface area contributed by atoms with Crippen LogP contribution < -0.4 is 10.5 Å². The molecule has 0 bridgehead atoms. The first kappa shape index (κ1) is 15.1. The summed E-state index contributed by atoms with van der Waals surface area (Å²) < 4.78 is 45.8. The fourth-order valence-corrected chi connectivity index (χ4v) is 2.46. The standard InChI is InChI=1S/C13H18F3N3O/c1-19-7-3-5-12(9-19,13(14,15)16)20-11-10(8-17)4-2-6-18-11/h2,4,6H,3,5,7-9,17H2,1H3. The number of halogens is 3. The van der Waals surface area contributed by atoms with E-state index in [1.807, 2.05) is 0 Å². The molecule has 1 aromatic heterocycles. The smallest absolute Gasteiger partial charge is 0.429 e. The van der Waals surface area contributed by atoms with E-state index in [9.17, 15) is 13.2 Å². The van der Waals surface area contributed by atoms with Crippen LogP contribution in [-0.2, 0) is 6.54 Å². The van der Waals surface area contributed by atoms with E-state index in [0.29, 0.717) is 18.5 Å². The second-order valence-electron chi connectivity index (χ2n) is 5.11. The number of aromatic nitrogens is 1. The van der Waals surface area contributed by atoms with Crippen molar-refractivity contribution in [1.29, 1.82) is 0 Å². The summed E-state index contributed by atoms with van der Waals surface area (Å²) in [4.78, 5) is 5.53. The number of piperidine rings is 1. The minimum absolute atomic E-state index is 0.0253. The van der Waals surface area contributed by atoms with E-state index in [0.717, 1.165) is 0 Å². The van der Waals surface area contributed by atoms with Crippen LogP contribution in [-0.4, -0.2) is 41.8 Å². The monoisotopic (exact) mass is 289 g/mol. The second kappa shape index (κ2) is 5.57. The number of likely N-dealkylation sites (tertiary alicyclic amines) is 1. The van der Waals surface area contributed by atoms with Crippen molar-refractivity contribution in [2.24, 2.45) is 5.73 Å². The third kappa shape index (κ3) is 2.88. The molecule has 1 aliphatic rings. The van der Waals surface area contributed by atoms with Crippen molar-refractivity contribution < 1.29 is 17.9 Å². The summed E-state index contributed by atoms with van der Waals surface area (Å²) in [7, 11) is 1.66. The molecule has 1 unspecified atom stereocenters. The highest BCUT2D eigenvalue weighted by Gasteiger charge is 2.58. The largest absolute Gasteiger partial charge is 0.460 e. The quantitative estimate of drug-likeness (QED) is 0.924. The average Bonchev–Trinajstić information content (AvgIpc) is 2.38. The Kier molecular flexibility index (Phi) is 4.19. The zero-order valence-electron chi connectivity index (χ0n) is 11.3. The molecule has 1 aliphatic heterocycles. The van der Waals surface area contributed by atoms with Crippen molar-refractivity contribution in [1.82, 2.24) is 9.88 Å². The predicted octanol–water partition coefficient (Wildman–Crippen LogP) is 1.95. The van der Waals surface area contributed by atoms with Gasteiger partial charge in [0, 0.05) is 24.8 Å². The molecule has 112 valence electrons. The summed E-state index contributed by atoms with van der Waals surface area (Å²) in [5.41, 5.74) is 3.79. The Morgan fingerprint density at radius 2 is 2.25 bits per heavy atom. The predicted molar refractivity (Wildman–Crippen MR) is 68.3 cm³/mol. The molecule has 0 saturated carbocycles. The molecule has 2 N–H and O–H groups in total. The highest BCUT2D eigenvalue weighted by Crippen LogP contribution is 2.40. The minimum Gasteiger partial charge on any atom is -0.460 e. The molecule has 1 fully saturated rings.